The van der Waals surface area contributed by atoms with Gasteiger partial charge in [0.15, 0.2) is 0 Å². The van der Waals surface area contributed by atoms with E-state index in [1.165, 1.54) is 9.80 Å². The number of amides is 5. The van der Waals surface area contributed by atoms with Gasteiger partial charge in [0.25, 0.3) is 0 Å². The molecule has 276 valence electrons. The lowest BCUT2D eigenvalue weighted by Crippen LogP contribution is -2.58. The van der Waals surface area contributed by atoms with Crippen molar-refractivity contribution in [2.75, 3.05) is 6.54 Å². The first kappa shape index (κ1) is 36.7. The van der Waals surface area contributed by atoms with Gasteiger partial charge < -0.3 is 30.3 Å². The fourth-order valence-electron chi connectivity index (χ4n) is 7.07. The number of nitrogens with one attached hydrogen (secondary N) is 3. The minimum Gasteiger partial charge on any atom is -0.444 e. The van der Waals surface area contributed by atoms with Gasteiger partial charge in [-0.2, -0.15) is 8.42 Å². The lowest BCUT2D eigenvalue weighted by atomic mass is 10.0. The van der Waals surface area contributed by atoms with Crippen LogP contribution >= 0.6 is 11.6 Å². The van der Waals surface area contributed by atoms with Crippen molar-refractivity contribution in [3.05, 3.63) is 46.5 Å². The number of benzene rings is 1. The van der Waals surface area contributed by atoms with Crippen LogP contribution in [-0.4, -0.2) is 94.9 Å². The van der Waals surface area contributed by atoms with Crippen molar-refractivity contribution in [3.63, 3.8) is 0 Å². The molecule has 6 atom stereocenters. The van der Waals surface area contributed by atoms with Gasteiger partial charge in [0.05, 0.1) is 17.5 Å². The number of halogens is 1. The topological polar surface area (TPSA) is 181 Å². The van der Waals surface area contributed by atoms with Crippen molar-refractivity contribution in [3.8, 4) is 0 Å². The van der Waals surface area contributed by atoms with Gasteiger partial charge in [-0.15, -0.1) is 0 Å². The smallest absolute Gasteiger partial charge is 0.410 e. The number of carbonyl (C=O) groups excluding carboxylic acids is 5. The third-order valence-electron chi connectivity index (χ3n) is 9.91. The Morgan fingerprint density at radius 2 is 1.80 bits per heavy atom. The van der Waals surface area contributed by atoms with E-state index in [9.17, 15) is 32.4 Å². The second-order valence-corrected chi connectivity index (χ2v) is 16.4. The van der Waals surface area contributed by atoms with E-state index in [0.717, 1.165) is 24.0 Å². The maximum Gasteiger partial charge on any atom is 0.410 e. The van der Waals surface area contributed by atoms with Crippen molar-refractivity contribution < 1.29 is 41.9 Å². The first-order valence-electron chi connectivity index (χ1n) is 17.4. The number of nitrogens with zero attached hydrogens (tertiary/aromatic N) is 2. The van der Waals surface area contributed by atoms with Crippen LogP contribution in [0.1, 0.15) is 83.3 Å². The van der Waals surface area contributed by atoms with Crippen LogP contribution in [0.5, 0.6) is 0 Å². The maximum absolute atomic E-state index is 14.3. The first-order chi connectivity index (χ1) is 24.1. The van der Waals surface area contributed by atoms with E-state index in [0.29, 0.717) is 43.8 Å². The molecule has 3 N–H and O–H groups in total. The van der Waals surface area contributed by atoms with Gasteiger partial charge in [-0.05, 0) is 69.7 Å². The molecule has 14 nitrogen and oxygen atoms in total. The maximum atomic E-state index is 14.3. The van der Waals surface area contributed by atoms with Crippen molar-refractivity contribution in [1.82, 2.24) is 25.8 Å². The number of hydrogen-bond acceptors (Lipinski definition) is 9. The lowest BCUT2D eigenvalue weighted by Gasteiger charge is -2.30. The number of hydrogen-bond donors (Lipinski definition) is 3. The van der Waals surface area contributed by atoms with Crippen LogP contribution in [0.15, 0.2) is 30.4 Å². The predicted octanol–water partition coefficient (Wildman–Crippen LogP) is 2.99. The fourth-order valence-corrected chi connectivity index (χ4v) is 7.86. The van der Waals surface area contributed by atoms with E-state index in [4.69, 9.17) is 21.1 Å². The van der Waals surface area contributed by atoms with Crippen LogP contribution in [0.4, 0.5) is 9.59 Å². The van der Waals surface area contributed by atoms with Gasteiger partial charge in [0, 0.05) is 36.9 Å². The number of ether oxygens (including phenoxy) is 2. The Hall–Kier alpha value is -4.11. The van der Waals surface area contributed by atoms with E-state index in [2.05, 4.69) is 16.0 Å². The highest BCUT2D eigenvalue weighted by Crippen LogP contribution is 2.46. The SMILES string of the molecule is CC(C)(C)OC(=O)NC1CCCCCC=CC2CC2(C(=O)NC2CC2=S(=O)=O)NC(=O)C2CC(OC(=O)N3Cc4ccc(Cl)cc4C3)CN2C1=O. The summed E-state index contributed by atoms with van der Waals surface area (Å²) in [6.45, 7) is 5.64. The molecular formula is C35H44ClN5O9S. The van der Waals surface area contributed by atoms with Gasteiger partial charge in [-0.25, -0.2) is 9.59 Å². The van der Waals surface area contributed by atoms with Gasteiger partial charge in [-0.3, -0.25) is 19.3 Å². The predicted molar refractivity (Wildman–Crippen MR) is 186 cm³/mol. The molecule has 0 radical (unpaired) electrons. The van der Waals surface area contributed by atoms with Gasteiger partial charge in [-0.1, -0.05) is 42.7 Å². The minimum absolute atomic E-state index is 0.0387. The summed E-state index contributed by atoms with van der Waals surface area (Å²) in [7, 11) is -2.41. The molecule has 16 heteroatoms. The van der Waals surface area contributed by atoms with Gasteiger partial charge in [0.2, 0.25) is 28.0 Å². The van der Waals surface area contributed by atoms with E-state index in [1.54, 1.807) is 32.9 Å². The summed E-state index contributed by atoms with van der Waals surface area (Å²) in [4.78, 5) is 71.4. The summed E-state index contributed by atoms with van der Waals surface area (Å²) in [5.74, 6) is -1.99. The van der Waals surface area contributed by atoms with Crippen molar-refractivity contribution >= 4 is 56.7 Å². The molecule has 6 unspecified atom stereocenters. The van der Waals surface area contributed by atoms with E-state index < -0.39 is 75.6 Å². The largest absolute Gasteiger partial charge is 0.444 e. The van der Waals surface area contributed by atoms with Crippen molar-refractivity contribution in [2.45, 2.75) is 121 Å². The molecule has 3 aliphatic heterocycles. The second-order valence-electron chi connectivity index (χ2n) is 15.0. The lowest BCUT2D eigenvalue weighted by molar-refractivity contribution is -0.141. The van der Waals surface area contributed by atoms with Crippen LogP contribution in [0.2, 0.25) is 5.02 Å². The highest BCUT2D eigenvalue weighted by molar-refractivity contribution is 7.73. The van der Waals surface area contributed by atoms with E-state index >= 15 is 0 Å². The minimum atomic E-state index is -2.41. The summed E-state index contributed by atoms with van der Waals surface area (Å²) in [6, 6.07) is 2.63. The number of alkyl carbamates (subject to hydrolysis) is 1. The summed E-state index contributed by atoms with van der Waals surface area (Å²) < 4.78 is 34.2. The Morgan fingerprint density at radius 1 is 1.04 bits per heavy atom. The molecule has 1 saturated heterocycles. The molecule has 1 aromatic rings. The molecular weight excluding hydrogens is 702 g/mol. The Labute approximate surface area is 303 Å². The zero-order valence-corrected chi connectivity index (χ0v) is 30.5. The molecule has 6 rings (SSSR count). The quantitative estimate of drug-likeness (QED) is 0.309. The molecule has 2 aliphatic carbocycles. The third kappa shape index (κ3) is 8.52. The number of carbonyl (C=O) groups is 5. The van der Waals surface area contributed by atoms with E-state index in [1.807, 2.05) is 18.2 Å². The van der Waals surface area contributed by atoms with Crippen LogP contribution in [0.25, 0.3) is 0 Å². The summed E-state index contributed by atoms with van der Waals surface area (Å²) in [6.07, 6.45) is 5.28. The normalized spacial score (nSPS) is 29.0. The van der Waals surface area contributed by atoms with Crippen LogP contribution in [0.3, 0.4) is 0 Å². The molecule has 3 fully saturated rings. The van der Waals surface area contributed by atoms with E-state index in [-0.39, 0.29) is 30.2 Å². The van der Waals surface area contributed by atoms with Gasteiger partial charge >= 0.3 is 12.2 Å². The molecule has 0 bridgehead atoms. The molecule has 51 heavy (non-hydrogen) atoms. The van der Waals surface area contributed by atoms with Crippen LogP contribution in [-0.2, 0) is 47.2 Å². The zero-order chi connectivity index (χ0) is 36.7. The number of rotatable bonds is 4. The van der Waals surface area contributed by atoms with Crippen molar-refractivity contribution in [2.24, 2.45) is 5.92 Å². The Balaban J connectivity index is 1.24. The first-order valence-corrected chi connectivity index (χ1v) is 18.9. The molecule has 2 saturated carbocycles. The van der Waals surface area contributed by atoms with Gasteiger partial charge in [0.1, 0.15) is 29.3 Å². The molecule has 0 spiro atoms. The van der Waals surface area contributed by atoms with Crippen LogP contribution in [0, 0.1) is 5.92 Å². The number of fused-ring (bicyclic) bond motifs is 3. The highest BCUT2D eigenvalue weighted by Gasteiger charge is 2.62. The average molecular weight is 746 g/mol. The zero-order valence-electron chi connectivity index (χ0n) is 28.9. The second kappa shape index (κ2) is 14.5. The third-order valence-corrected chi connectivity index (χ3v) is 11.0. The van der Waals surface area contributed by atoms with Crippen molar-refractivity contribution in [1.29, 1.82) is 0 Å². The molecule has 3 heterocycles. The standard InChI is InChI=1S/C35H44ClN5O9S/c1-34(2,3)50-32(45)38-25-10-8-6-4-5-7-9-22-16-35(22,31(44)37-26-15-28(26)51(47)48)39-29(42)27-14-24(19-41(27)30(25)43)49-33(46)40-17-20-11-12-23(36)13-21(20)18-40/h7,9,11-13,22,24-27H,4-6,8,10,14-19H2,1-3H3,(H,37,44)(H,38,45)(H,39,42). The Kier molecular flexibility index (Phi) is 10.4. The summed E-state index contributed by atoms with van der Waals surface area (Å²) in [5.41, 5.74) is -0.313. The van der Waals surface area contributed by atoms with Crippen LogP contribution < -0.4 is 16.0 Å². The number of allylic oxidation sites excluding steroid dienone is 1. The molecule has 5 amide bonds. The average Bonchev–Trinajstić information content (AvgIpc) is 3.86. The fraction of sp³-hybridized carbons (Fsp3) is 0.600. The Morgan fingerprint density at radius 3 is 2.53 bits per heavy atom. The molecule has 5 aliphatic rings. The molecule has 0 aromatic heterocycles. The summed E-state index contributed by atoms with van der Waals surface area (Å²) >= 11 is 6.15. The Bertz CT molecular complexity index is 1780. The monoisotopic (exact) mass is 745 g/mol. The summed E-state index contributed by atoms with van der Waals surface area (Å²) in [5, 5.41) is 8.91. The highest BCUT2D eigenvalue weighted by atomic mass is 35.5. The molecule has 1 aromatic carbocycles.